The van der Waals surface area contributed by atoms with Gasteiger partial charge in [-0.3, -0.25) is 9.78 Å². The summed E-state index contributed by atoms with van der Waals surface area (Å²) in [4.78, 5) is 18.7. The molecule has 1 aliphatic heterocycles. The Bertz CT molecular complexity index is 620. The molecule has 20 heavy (non-hydrogen) atoms. The Morgan fingerprint density at radius 1 is 1.30 bits per heavy atom. The number of carbonyl (C=O) groups is 1. The van der Waals surface area contributed by atoms with E-state index < -0.39 is 0 Å². The first-order chi connectivity index (χ1) is 9.77. The van der Waals surface area contributed by atoms with Crippen LogP contribution in [-0.4, -0.2) is 28.1 Å². The summed E-state index contributed by atoms with van der Waals surface area (Å²) in [6.45, 7) is 0.730. The molecule has 1 fully saturated rings. The van der Waals surface area contributed by atoms with Crippen molar-refractivity contribution < 1.29 is 4.79 Å². The Hall–Kier alpha value is -1.52. The first-order valence-electron chi connectivity index (χ1n) is 6.34. The summed E-state index contributed by atoms with van der Waals surface area (Å²) in [6, 6.07) is 11.1. The van der Waals surface area contributed by atoms with Crippen molar-refractivity contribution in [1.29, 1.82) is 0 Å². The van der Waals surface area contributed by atoms with Crippen molar-refractivity contribution in [2.24, 2.45) is 0 Å². The van der Waals surface area contributed by atoms with E-state index in [1.807, 2.05) is 35.4 Å². The SMILES string of the molecule is O=C(c1ccccc1Cl)N1CCSC1c1cccnc1. The van der Waals surface area contributed by atoms with Crippen molar-refractivity contribution >= 4 is 29.3 Å². The van der Waals surface area contributed by atoms with Gasteiger partial charge in [-0.2, -0.15) is 0 Å². The van der Waals surface area contributed by atoms with E-state index in [0.29, 0.717) is 10.6 Å². The lowest BCUT2D eigenvalue weighted by atomic mass is 10.1. The lowest BCUT2D eigenvalue weighted by Crippen LogP contribution is -2.30. The largest absolute Gasteiger partial charge is 0.322 e. The van der Waals surface area contributed by atoms with Crippen LogP contribution < -0.4 is 0 Å². The number of hydrogen-bond donors (Lipinski definition) is 0. The highest BCUT2D eigenvalue weighted by Crippen LogP contribution is 2.38. The second-order valence-electron chi connectivity index (χ2n) is 4.49. The van der Waals surface area contributed by atoms with E-state index >= 15 is 0 Å². The minimum Gasteiger partial charge on any atom is -0.322 e. The third-order valence-corrected chi connectivity index (χ3v) is 4.82. The number of amides is 1. The molecule has 1 aliphatic rings. The highest BCUT2D eigenvalue weighted by Gasteiger charge is 2.32. The minimum atomic E-state index is -0.0190. The van der Waals surface area contributed by atoms with Crippen LogP contribution in [-0.2, 0) is 0 Å². The third kappa shape index (κ3) is 2.53. The topological polar surface area (TPSA) is 33.2 Å². The fraction of sp³-hybridized carbons (Fsp3) is 0.200. The van der Waals surface area contributed by atoms with Gasteiger partial charge in [0.1, 0.15) is 5.37 Å². The van der Waals surface area contributed by atoms with Crippen molar-refractivity contribution in [2.75, 3.05) is 12.3 Å². The molecule has 5 heteroatoms. The molecule has 0 saturated carbocycles. The van der Waals surface area contributed by atoms with Gasteiger partial charge in [0.15, 0.2) is 0 Å². The quantitative estimate of drug-likeness (QED) is 0.849. The molecular weight excluding hydrogens is 292 g/mol. The summed E-state index contributed by atoms with van der Waals surface area (Å²) >= 11 is 7.88. The average molecular weight is 305 g/mol. The van der Waals surface area contributed by atoms with E-state index in [2.05, 4.69) is 4.98 Å². The lowest BCUT2D eigenvalue weighted by molar-refractivity contribution is 0.0760. The van der Waals surface area contributed by atoms with E-state index in [1.165, 1.54) is 0 Å². The number of nitrogens with zero attached hydrogens (tertiary/aromatic N) is 2. The molecule has 0 spiro atoms. The maximum Gasteiger partial charge on any atom is 0.256 e. The van der Waals surface area contributed by atoms with Gasteiger partial charge in [0.25, 0.3) is 5.91 Å². The number of hydrogen-bond acceptors (Lipinski definition) is 3. The van der Waals surface area contributed by atoms with E-state index in [1.54, 1.807) is 30.1 Å². The molecular formula is C15H13ClN2OS. The fourth-order valence-electron chi connectivity index (χ4n) is 2.27. The molecule has 2 heterocycles. The zero-order valence-electron chi connectivity index (χ0n) is 10.7. The normalized spacial score (nSPS) is 18.2. The Morgan fingerprint density at radius 2 is 2.15 bits per heavy atom. The van der Waals surface area contributed by atoms with E-state index in [4.69, 9.17) is 11.6 Å². The predicted molar refractivity (Wildman–Crippen MR) is 81.9 cm³/mol. The molecule has 1 atom stereocenters. The maximum absolute atomic E-state index is 12.7. The zero-order valence-corrected chi connectivity index (χ0v) is 12.3. The van der Waals surface area contributed by atoms with Crippen molar-refractivity contribution in [3.8, 4) is 0 Å². The number of pyridine rings is 1. The molecule has 0 N–H and O–H groups in total. The lowest BCUT2D eigenvalue weighted by Gasteiger charge is -2.24. The minimum absolute atomic E-state index is 0.0190. The van der Waals surface area contributed by atoms with E-state index in [0.717, 1.165) is 17.9 Å². The molecule has 1 unspecified atom stereocenters. The number of rotatable bonds is 2. The van der Waals surface area contributed by atoms with Gasteiger partial charge in [0, 0.05) is 30.3 Å². The third-order valence-electron chi connectivity index (χ3n) is 3.23. The van der Waals surface area contributed by atoms with Gasteiger partial charge in [0.2, 0.25) is 0 Å². The molecule has 0 aliphatic carbocycles. The summed E-state index contributed by atoms with van der Waals surface area (Å²) < 4.78 is 0. The predicted octanol–water partition coefficient (Wildman–Crippen LogP) is 3.62. The van der Waals surface area contributed by atoms with E-state index in [-0.39, 0.29) is 11.3 Å². The van der Waals surface area contributed by atoms with Crippen LogP contribution in [0.25, 0.3) is 0 Å². The first kappa shape index (κ1) is 13.5. The van der Waals surface area contributed by atoms with Gasteiger partial charge < -0.3 is 4.90 Å². The Kier molecular flexibility index (Phi) is 3.94. The molecule has 1 amide bonds. The summed E-state index contributed by atoms with van der Waals surface area (Å²) in [5, 5.41) is 0.520. The summed E-state index contributed by atoms with van der Waals surface area (Å²) in [5.41, 5.74) is 1.61. The second-order valence-corrected chi connectivity index (χ2v) is 6.08. The molecule has 3 rings (SSSR count). The van der Waals surface area contributed by atoms with Crippen LogP contribution in [0, 0.1) is 0 Å². The fourth-order valence-corrected chi connectivity index (χ4v) is 3.72. The molecule has 2 aromatic rings. The molecule has 1 aromatic heterocycles. The molecule has 102 valence electrons. The van der Waals surface area contributed by atoms with Gasteiger partial charge in [-0.15, -0.1) is 11.8 Å². The number of aromatic nitrogens is 1. The smallest absolute Gasteiger partial charge is 0.256 e. The molecule has 0 radical (unpaired) electrons. The van der Waals surface area contributed by atoms with Crippen LogP contribution in [0.15, 0.2) is 48.8 Å². The number of benzene rings is 1. The highest BCUT2D eigenvalue weighted by atomic mass is 35.5. The highest BCUT2D eigenvalue weighted by molar-refractivity contribution is 7.99. The summed E-state index contributed by atoms with van der Waals surface area (Å²) in [6.07, 6.45) is 3.55. The van der Waals surface area contributed by atoms with Crippen molar-refractivity contribution in [3.05, 3.63) is 64.9 Å². The summed E-state index contributed by atoms with van der Waals surface area (Å²) in [7, 11) is 0. The van der Waals surface area contributed by atoms with Crippen molar-refractivity contribution in [2.45, 2.75) is 5.37 Å². The average Bonchev–Trinajstić information content (AvgIpc) is 2.97. The van der Waals surface area contributed by atoms with Crippen molar-refractivity contribution in [3.63, 3.8) is 0 Å². The second kappa shape index (κ2) is 5.85. The van der Waals surface area contributed by atoms with Crippen LogP contribution in [0.1, 0.15) is 21.3 Å². The van der Waals surface area contributed by atoms with Crippen LogP contribution in [0.2, 0.25) is 5.02 Å². The molecule has 1 aromatic carbocycles. The van der Waals surface area contributed by atoms with Gasteiger partial charge in [-0.05, 0) is 18.2 Å². The molecule has 3 nitrogen and oxygen atoms in total. The van der Waals surface area contributed by atoms with Gasteiger partial charge >= 0.3 is 0 Å². The van der Waals surface area contributed by atoms with Gasteiger partial charge in [0.05, 0.1) is 10.6 Å². The Balaban J connectivity index is 1.90. The monoisotopic (exact) mass is 304 g/mol. The molecule has 1 saturated heterocycles. The van der Waals surface area contributed by atoms with Gasteiger partial charge in [-0.25, -0.2) is 0 Å². The van der Waals surface area contributed by atoms with Gasteiger partial charge in [-0.1, -0.05) is 29.8 Å². The number of halogens is 1. The zero-order chi connectivity index (χ0) is 13.9. The Labute approximate surface area is 127 Å². The standard InChI is InChI=1S/C15H13ClN2OS/c16-13-6-2-1-5-12(13)14(19)18-8-9-20-15(18)11-4-3-7-17-10-11/h1-7,10,15H,8-9H2. The maximum atomic E-state index is 12.7. The van der Waals surface area contributed by atoms with Crippen LogP contribution in [0.3, 0.4) is 0 Å². The van der Waals surface area contributed by atoms with Crippen LogP contribution in [0.4, 0.5) is 0 Å². The Morgan fingerprint density at radius 3 is 2.90 bits per heavy atom. The van der Waals surface area contributed by atoms with Crippen LogP contribution in [0.5, 0.6) is 0 Å². The van der Waals surface area contributed by atoms with Crippen LogP contribution >= 0.6 is 23.4 Å². The number of thioether (sulfide) groups is 1. The van der Waals surface area contributed by atoms with E-state index in [9.17, 15) is 4.79 Å². The summed E-state index contributed by atoms with van der Waals surface area (Å²) in [5.74, 6) is 0.907. The number of carbonyl (C=O) groups excluding carboxylic acids is 1. The van der Waals surface area contributed by atoms with Crippen molar-refractivity contribution in [1.82, 2.24) is 9.88 Å². The molecule has 0 bridgehead atoms. The first-order valence-corrected chi connectivity index (χ1v) is 7.77.